The molecule has 0 spiro atoms. The van der Waals surface area contributed by atoms with Crippen molar-refractivity contribution in [1.29, 1.82) is 0 Å². The van der Waals surface area contributed by atoms with Gasteiger partial charge in [-0.3, -0.25) is 4.79 Å². The molecule has 0 saturated heterocycles. The van der Waals surface area contributed by atoms with E-state index >= 15 is 0 Å². The molecule has 2 rings (SSSR count). The maximum absolute atomic E-state index is 12.2. The fourth-order valence-electron chi connectivity index (χ4n) is 1.93. The predicted octanol–water partition coefficient (Wildman–Crippen LogP) is 2.50. The van der Waals surface area contributed by atoms with Crippen molar-refractivity contribution >= 4 is 23.1 Å². The average Bonchev–Trinajstić information content (AvgIpc) is 3.00. The minimum absolute atomic E-state index is 0.0668. The molecule has 21 heavy (non-hydrogen) atoms. The number of hydrogen-bond acceptors (Lipinski definition) is 5. The smallest absolute Gasteiger partial charge is 0.251 e. The molecular formula is C15H20N4OS. The van der Waals surface area contributed by atoms with Crippen LogP contribution in [0.1, 0.15) is 34.9 Å². The zero-order valence-electron chi connectivity index (χ0n) is 12.3. The second-order valence-corrected chi connectivity index (χ2v) is 5.53. The molecule has 2 aromatic rings. The van der Waals surface area contributed by atoms with Gasteiger partial charge in [-0.2, -0.15) is 0 Å². The highest BCUT2D eigenvalue weighted by Crippen LogP contribution is 2.11. The molecule has 0 aliphatic heterocycles. The van der Waals surface area contributed by atoms with E-state index in [0.717, 1.165) is 35.9 Å². The van der Waals surface area contributed by atoms with Crippen LogP contribution < -0.4 is 10.6 Å². The first kappa shape index (κ1) is 15.4. The molecular weight excluding hydrogens is 284 g/mol. The van der Waals surface area contributed by atoms with Crippen molar-refractivity contribution in [1.82, 2.24) is 15.3 Å². The lowest BCUT2D eigenvalue weighted by atomic mass is 10.2. The normalized spacial score (nSPS) is 10.4. The van der Waals surface area contributed by atoms with E-state index in [1.807, 2.05) is 25.3 Å². The Balaban J connectivity index is 1.98. The van der Waals surface area contributed by atoms with E-state index in [9.17, 15) is 4.79 Å². The van der Waals surface area contributed by atoms with Crippen molar-refractivity contribution in [3.05, 3.63) is 40.0 Å². The third kappa shape index (κ3) is 4.53. The second kappa shape index (κ2) is 7.73. The van der Waals surface area contributed by atoms with Crippen LogP contribution in [0.15, 0.2) is 23.7 Å². The molecule has 0 atom stereocenters. The van der Waals surface area contributed by atoms with Crippen LogP contribution in [-0.4, -0.2) is 29.0 Å². The van der Waals surface area contributed by atoms with Crippen LogP contribution in [0.4, 0.5) is 5.82 Å². The van der Waals surface area contributed by atoms with Crippen LogP contribution in [0, 0.1) is 0 Å². The summed E-state index contributed by atoms with van der Waals surface area (Å²) >= 11 is 1.60. The van der Waals surface area contributed by atoms with Crippen LogP contribution >= 0.6 is 11.3 Å². The third-order valence-corrected chi connectivity index (χ3v) is 3.81. The Labute approximate surface area is 128 Å². The summed E-state index contributed by atoms with van der Waals surface area (Å²) in [5.74, 6) is 0.685. The summed E-state index contributed by atoms with van der Waals surface area (Å²) in [6.07, 6.45) is 3.34. The quantitative estimate of drug-likeness (QED) is 0.825. The maximum Gasteiger partial charge on any atom is 0.251 e. The van der Waals surface area contributed by atoms with Gasteiger partial charge in [0.15, 0.2) is 0 Å². The molecule has 0 unspecified atom stereocenters. The molecule has 0 radical (unpaired) electrons. The second-order valence-electron chi connectivity index (χ2n) is 4.55. The van der Waals surface area contributed by atoms with E-state index in [1.165, 1.54) is 0 Å². The molecule has 112 valence electrons. The van der Waals surface area contributed by atoms with E-state index in [0.29, 0.717) is 12.1 Å². The lowest BCUT2D eigenvalue weighted by Crippen LogP contribution is -2.26. The number of amides is 1. The number of hydrogen-bond donors (Lipinski definition) is 2. The Hall–Kier alpha value is -1.95. The van der Waals surface area contributed by atoms with E-state index < -0.39 is 0 Å². The minimum Gasteiger partial charge on any atom is -0.370 e. The van der Waals surface area contributed by atoms with Gasteiger partial charge in [0.2, 0.25) is 0 Å². The third-order valence-electron chi connectivity index (χ3n) is 2.97. The first-order valence-corrected chi connectivity index (χ1v) is 8.02. The Morgan fingerprint density at radius 2 is 2.19 bits per heavy atom. The molecule has 1 amide bonds. The minimum atomic E-state index is -0.0668. The number of rotatable bonds is 7. The zero-order chi connectivity index (χ0) is 15.1. The van der Waals surface area contributed by atoms with E-state index in [1.54, 1.807) is 23.6 Å². The van der Waals surface area contributed by atoms with Crippen LogP contribution in [0.3, 0.4) is 0 Å². The maximum atomic E-state index is 12.2. The molecule has 2 N–H and O–H groups in total. The van der Waals surface area contributed by atoms with E-state index in [4.69, 9.17) is 0 Å². The van der Waals surface area contributed by atoms with Crippen molar-refractivity contribution in [2.45, 2.75) is 26.7 Å². The van der Waals surface area contributed by atoms with E-state index in [-0.39, 0.29) is 5.91 Å². The summed E-state index contributed by atoms with van der Waals surface area (Å²) in [5, 5.41) is 9.06. The molecule has 0 fully saturated rings. The largest absolute Gasteiger partial charge is 0.370 e. The number of carbonyl (C=O) groups is 1. The summed E-state index contributed by atoms with van der Waals surface area (Å²) in [6.45, 7) is 5.41. The van der Waals surface area contributed by atoms with Gasteiger partial charge in [0.05, 0.1) is 5.01 Å². The van der Waals surface area contributed by atoms with Crippen LogP contribution in [-0.2, 0) is 12.8 Å². The van der Waals surface area contributed by atoms with Crippen molar-refractivity contribution in [3.63, 3.8) is 0 Å². The number of anilines is 1. The lowest BCUT2D eigenvalue weighted by molar-refractivity contribution is 0.0954. The highest BCUT2D eigenvalue weighted by Gasteiger charge is 2.09. The molecule has 0 aromatic carbocycles. The molecule has 5 nitrogen and oxygen atoms in total. The number of aromatic nitrogens is 2. The van der Waals surface area contributed by atoms with Gasteiger partial charge in [-0.15, -0.1) is 11.3 Å². The molecule has 0 aliphatic carbocycles. The van der Waals surface area contributed by atoms with Gasteiger partial charge in [0.1, 0.15) is 5.82 Å². The van der Waals surface area contributed by atoms with Gasteiger partial charge in [0, 0.05) is 42.3 Å². The van der Waals surface area contributed by atoms with Gasteiger partial charge in [-0.05, 0) is 25.5 Å². The van der Waals surface area contributed by atoms with Crippen molar-refractivity contribution < 1.29 is 4.79 Å². The van der Waals surface area contributed by atoms with Gasteiger partial charge in [0.25, 0.3) is 5.91 Å². The molecule has 2 heterocycles. The van der Waals surface area contributed by atoms with Crippen LogP contribution in [0.2, 0.25) is 0 Å². The number of nitrogens with one attached hydrogen (secondary N) is 2. The van der Waals surface area contributed by atoms with Gasteiger partial charge < -0.3 is 10.6 Å². The Kier molecular flexibility index (Phi) is 5.68. The topological polar surface area (TPSA) is 66.9 Å². The SMILES string of the molecule is CCNc1cc(C(=O)NCCc2nccs2)cc(CC)n1. The van der Waals surface area contributed by atoms with Crippen molar-refractivity contribution in [2.24, 2.45) is 0 Å². The van der Waals surface area contributed by atoms with Gasteiger partial charge in [-0.25, -0.2) is 9.97 Å². The Morgan fingerprint density at radius 1 is 1.33 bits per heavy atom. The molecule has 0 aliphatic rings. The van der Waals surface area contributed by atoms with Crippen molar-refractivity contribution in [2.75, 3.05) is 18.4 Å². The molecule has 2 aromatic heterocycles. The highest BCUT2D eigenvalue weighted by molar-refractivity contribution is 7.09. The first-order chi connectivity index (χ1) is 10.2. The monoisotopic (exact) mass is 304 g/mol. The summed E-state index contributed by atoms with van der Waals surface area (Å²) in [7, 11) is 0. The summed E-state index contributed by atoms with van der Waals surface area (Å²) in [4.78, 5) is 20.9. The van der Waals surface area contributed by atoms with Crippen LogP contribution in [0.25, 0.3) is 0 Å². The lowest BCUT2D eigenvalue weighted by Gasteiger charge is -2.09. The highest BCUT2D eigenvalue weighted by atomic mass is 32.1. The molecule has 0 bridgehead atoms. The van der Waals surface area contributed by atoms with Gasteiger partial charge in [-0.1, -0.05) is 6.92 Å². The fourth-order valence-corrected chi connectivity index (χ4v) is 2.55. The zero-order valence-corrected chi connectivity index (χ0v) is 13.2. The standard InChI is InChI=1S/C15H20N4OS/c1-3-12-9-11(10-13(19-12)16-4-2)15(20)18-6-5-14-17-7-8-21-14/h7-10H,3-6H2,1-2H3,(H,16,19)(H,18,20). The Bertz CT molecular complexity index is 583. The fraction of sp³-hybridized carbons (Fsp3) is 0.400. The number of pyridine rings is 1. The first-order valence-electron chi connectivity index (χ1n) is 7.14. The number of aryl methyl sites for hydroxylation is 1. The van der Waals surface area contributed by atoms with Crippen LogP contribution in [0.5, 0.6) is 0 Å². The number of nitrogens with zero attached hydrogens (tertiary/aromatic N) is 2. The molecule has 6 heteroatoms. The number of carbonyl (C=O) groups excluding carboxylic acids is 1. The van der Waals surface area contributed by atoms with Gasteiger partial charge >= 0.3 is 0 Å². The summed E-state index contributed by atoms with van der Waals surface area (Å²) < 4.78 is 0. The summed E-state index contributed by atoms with van der Waals surface area (Å²) in [6, 6.07) is 3.64. The van der Waals surface area contributed by atoms with Crippen molar-refractivity contribution in [3.8, 4) is 0 Å². The summed E-state index contributed by atoms with van der Waals surface area (Å²) in [5.41, 5.74) is 1.57. The average molecular weight is 304 g/mol. The predicted molar refractivity (Wildman–Crippen MR) is 85.9 cm³/mol. The Morgan fingerprint density at radius 3 is 2.86 bits per heavy atom. The molecule has 0 saturated carbocycles. The van der Waals surface area contributed by atoms with E-state index in [2.05, 4.69) is 20.6 Å². The number of thiazole rings is 1.